The van der Waals surface area contributed by atoms with Crippen LogP contribution in [0.4, 0.5) is 32.6 Å². The highest BCUT2D eigenvalue weighted by atomic mass is 16.6. The van der Waals surface area contributed by atoms with Gasteiger partial charge in [0.1, 0.15) is 36.1 Å². The van der Waals surface area contributed by atoms with E-state index in [4.69, 9.17) is 19.7 Å². The standard InChI is InChI=1S/C28H46N8O16/c1-3-51-27(49)31-17-21(29-9-13(39)19(43)15(41)11-37)33-25(47)35(23(17)45)7-5-6-8-36-24(46)18(32-28(50)52-4-2)22(34-26(36)48)30-10-14(40)20(44)16(42)12-38/h13-16,19-20,29-30,37-44H,3-12H2,1-2H3,(H,31,49)(H,32,50)(H,33,47)(H,34,48)/t13-,14-,15+,16+,19-,20-/m0/s1. The third kappa shape index (κ3) is 11.9. The summed E-state index contributed by atoms with van der Waals surface area (Å²) in [6, 6.07) is 0. The summed E-state index contributed by atoms with van der Waals surface area (Å²) in [5, 5.41) is 86.4. The molecule has 2 rings (SSSR count). The van der Waals surface area contributed by atoms with Gasteiger partial charge in [0.25, 0.3) is 11.1 Å². The van der Waals surface area contributed by atoms with Gasteiger partial charge in [0.2, 0.25) is 0 Å². The molecule has 0 fully saturated rings. The molecule has 52 heavy (non-hydrogen) atoms. The van der Waals surface area contributed by atoms with Gasteiger partial charge in [0.15, 0.2) is 11.4 Å². The van der Waals surface area contributed by atoms with Crippen LogP contribution in [0.1, 0.15) is 26.7 Å². The normalized spacial score (nSPS) is 14.7. The number of rotatable bonds is 21. The van der Waals surface area contributed by atoms with Crippen LogP contribution in [-0.2, 0) is 22.6 Å². The van der Waals surface area contributed by atoms with Crippen LogP contribution in [0, 0.1) is 0 Å². The number of unbranched alkanes of at least 4 members (excludes halogenated alkanes) is 1. The predicted octanol–water partition coefficient (Wildman–Crippen LogP) is -5.02. The van der Waals surface area contributed by atoms with E-state index in [1.165, 1.54) is 13.8 Å². The molecule has 0 aliphatic rings. The van der Waals surface area contributed by atoms with Crippen molar-refractivity contribution in [2.24, 2.45) is 0 Å². The van der Waals surface area contributed by atoms with E-state index in [1.54, 1.807) is 0 Å². The van der Waals surface area contributed by atoms with Crippen LogP contribution in [-0.4, -0.2) is 148 Å². The van der Waals surface area contributed by atoms with Crippen LogP contribution in [0.5, 0.6) is 0 Å². The number of aromatic amines is 2. The lowest BCUT2D eigenvalue weighted by Crippen LogP contribution is -2.44. The summed E-state index contributed by atoms with van der Waals surface area (Å²) in [4.78, 5) is 81.4. The van der Waals surface area contributed by atoms with Gasteiger partial charge in [0, 0.05) is 26.2 Å². The molecular weight excluding hydrogens is 704 g/mol. The number of carbonyl (C=O) groups excluding carboxylic acids is 2. The number of nitrogens with zero attached hydrogens (tertiary/aromatic N) is 2. The first-order chi connectivity index (χ1) is 24.6. The minimum absolute atomic E-state index is 0.0116. The summed E-state index contributed by atoms with van der Waals surface area (Å²) in [6.45, 7) is -0.649. The minimum Gasteiger partial charge on any atom is -0.450 e. The number of hydrogen-bond acceptors (Lipinski definition) is 18. The van der Waals surface area contributed by atoms with Gasteiger partial charge in [-0.1, -0.05) is 0 Å². The lowest BCUT2D eigenvalue weighted by Gasteiger charge is -2.22. The van der Waals surface area contributed by atoms with Crippen LogP contribution in [0.15, 0.2) is 19.2 Å². The number of hydrogen-bond donors (Lipinski definition) is 14. The van der Waals surface area contributed by atoms with Crippen LogP contribution in [0.3, 0.4) is 0 Å². The number of aromatic nitrogens is 4. The molecule has 14 N–H and O–H groups in total. The fourth-order valence-electron chi connectivity index (χ4n) is 4.51. The molecule has 0 aromatic carbocycles. The third-order valence-electron chi connectivity index (χ3n) is 7.32. The molecule has 2 heterocycles. The number of aliphatic hydroxyl groups excluding tert-OH is 8. The lowest BCUT2D eigenvalue weighted by molar-refractivity contribution is -0.0715. The number of ether oxygens (including phenoxy) is 2. The number of nitrogens with one attached hydrogen (secondary N) is 6. The van der Waals surface area contributed by atoms with E-state index in [0.29, 0.717) is 9.13 Å². The molecule has 24 nitrogen and oxygen atoms in total. The van der Waals surface area contributed by atoms with Crippen molar-refractivity contribution in [3.8, 4) is 0 Å². The van der Waals surface area contributed by atoms with E-state index in [-0.39, 0.29) is 50.8 Å². The largest absolute Gasteiger partial charge is 0.450 e. The average Bonchev–Trinajstić information content (AvgIpc) is 3.11. The van der Waals surface area contributed by atoms with Gasteiger partial charge in [-0.2, -0.15) is 0 Å². The summed E-state index contributed by atoms with van der Waals surface area (Å²) in [5.74, 6) is -0.770. The zero-order valence-electron chi connectivity index (χ0n) is 28.3. The second-order valence-corrected chi connectivity index (χ2v) is 11.0. The van der Waals surface area contributed by atoms with Crippen molar-refractivity contribution in [2.75, 3.05) is 60.8 Å². The Labute approximate surface area is 293 Å². The van der Waals surface area contributed by atoms with E-state index in [1.807, 2.05) is 0 Å². The number of amides is 2. The average molecular weight is 751 g/mol. The van der Waals surface area contributed by atoms with Crippen molar-refractivity contribution in [1.29, 1.82) is 0 Å². The van der Waals surface area contributed by atoms with Crippen molar-refractivity contribution < 1.29 is 59.9 Å². The number of H-pyrrole nitrogens is 2. The lowest BCUT2D eigenvalue weighted by atomic mass is 10.1. The van der Waals surface area contributed by atoms with Crippen molar-refractivity contribution in [3.05, 3.63) is 41.7 Å². The highest BCUT2D eigenvalue weighted by Crippen LogP contribution is 2.15. The van der Waals surface area contributed by atoms with Gasteiger partial charge >= 0.3 is 23.6 Å². The number of aliphatic hydroxyl groups is 8. The van der Waals surface area contributed by atoms with Crippen molar-refractivity contribution in [3.63, 3.8) is 0 Å². The van der Waals surface area contributed by atoms with Crippen LogP contribution < -0.4 is 43.8 Å². The van der Waals surface area contributed by atoms with Gasteiger partial charge in [-0.25, -0.2) is 19.2 Å². The molecule has 0 unspecified atom stereocenters. The topological polar surface area (TPSA) is 372 Å². The summed E-state index contributed by atoms with van der Waals surface area (Å²) in [7, 11) is 0. The van der Waals surface area contributed by atoms with E-state index >= 15 is 0 Å². The molecule has 24 heteroatoms. The maximum atomic E-state index is 13.3. The van der Waals surface area contributed by atoms with Crippen molar-refractivity contribution in [1.82, 2.24) is 19.1 Å². The van der Waals surface area contributed by atoms with Gasteiger partial charge in [-0.3, -0.25) is 39.3 Å². The smallest absolute Gasteiger partial charge is 0.411 e. The summed E-state index contributed by atoms with van der Waals surface area (Å²) in [6.07, 6.45) is -12.6. The molecule has 0 saturated carbocycles. The van der Waals surface area contributed by atoms with Crippen molar-refractivity contribution in [2.45, 2.75) is 76.4 Å². The number of carbonyl (C=O) groups is 2. The molecule has 0 aliphatic heterocycles. The Morgan fingerprint density at radius 1 is 0.635 bits per heavy atom. The Morgan fingerprint density at radius 3 is 1.29 bits per heavy atom. The molecule has 0 bridgehead atoms. The molecule has 2 aromatic heterocycles. The molecule has 0 radical (unpaired) electrons. The first-order valence-electron chi connectivity index (χ1n) is 16.0. The van der Waals surface area contributed by atoms with Crippen LogP contribution in [0.2, 0.25) is 0 Å². The Hall–Kier alpha value is -4.82. The Balaban J connectivity index is 2.31. The van der Waals surface area contributed by atoms with Crippen molar-refractivity contribution >= 4 is 35.2 Å². The van der Waals surface area contributed by atoms with E-state index in [0.717, 1.165) is 0 Å². The summed E-state index contributed by atoms with van der Waals surface area (Å²) >= 11 is 0. The minimum atomic E-state index is -1.81. The maximum Gasteiger partial charge on any atom is 0.411 e. The Kier molecular flexibility index (Phi) is 17.4. The second-order valence-electron chi connectivity index (χ2n) is 11.0. The Bertz CT molecular complexity index is 1580. The molecule has 294 valence electrons. The summed E-state index contributed by atoms with van der Waals surface area (Å²) in [5.41, 5.74) is -5.08. The zero-order chi connectivity index (χ0) is 39.1. The predicted molar refractivity (Wildman–Crippen MR) is 180 cm³/mol. The first kappa shape index (κ1) is 43.3. The molecule has 2 amide bonds. The molecular formula is C28H46N8O16. The molecule has 6 atom stereocenters. The third-order valence-corrected chi connectivity index (χ3v) is 7.32. The highest BCUT2D eigenvalue weighted by molar-refractivity contribution is 5.88. The SMILES string of the molecule is CCOC(=O)Nc1c(NC[C@H](O)[C@H](O)[C@H](O)CO)[nH]c(=O)n(CCCCn2c(=O)[nH]c(NC[C@H](O)[C@H](O)[C@H](O)CO)c(NC(=O)OCC)c2=O)c1=O. The fraction of sp³-hybridized carbons (Fsp3) is 0.643. The number of anilines is 4. The first-order valence-corrected chi connectivity index (χ1v) is 16.0. The van der Waals surface area contributed by atoms with Gasteiger partial charge in [-0.05, 0) is 26.7 Å². The van der Waals surface area contributed by atoms with Gasteiger partial charge < -0.3 is 61.0 Å². The van der Waals surface area contributed by atoms with E-state index in [2.05, 4.69) is 31.2 Å². The fourth-order valence-corrected chi connectivity index (χ4v) is 4.51. The molecule has 0 saturated heterocycles. The zero-order valence-corrected chi connectivity index (χ0v) is 28.3. The quantitative estimate of drug-likeness (QED) is 0.0531. The maximum absolute atomic E-state index is 13.3. The van der Waals surface area contributed by atoms with Gasteiger partial charge in [-0.15, -0.1) is 0 Å². The second kappa shape index (κ2) is 20.9. The van der Waals surface area contributed by atoms with Crippen LogP contribution in [0.25, 0.3) is 0 Å². The van der Waals surface area contributed by atoms with E-state index in [9.17, 15) is 59.4 Å². The highest BCUT2D eigenvalue weighted by Gasteiger charge is 2.27. The van der Waals surface area contributed by atoms with E-state index < -0.39 is 109 Å². The molecule has 2 aromatic rings. The van der Waals surface area contributed by atoms with Crippen LogP contribution >= 0.6 is 0 Å². The monoisotopic (exact) mass is 750 g/mol. The van der Waals surface area contributed by atoms with Gasteiger partial charge in [0.05, 0.1) is 38.6 Å². The molecule has 0 aliphatic carbocycles. The Morgan fingerprint density at radius 2 is 0.981 bits per heavy atom. The molecule has 0 spiro atoms. The summed E-state index contributed by atoms with van der Waals surface area (Å²) < 4.78 is 11.0.